The second-order valence-electron chi connectivity index (χ2n) is 5.23. The molecule has 6 nitrogen and oxygen atoms in total. The zero-order valence-electron chi connectivity index (χ0n) is 14.2. The second-order valence-corrected chi connectivity index (χ2v) is 5.23. The highest BCUT2D eigenvalue weighted by Crippen LogP contribution is 2.23. The lowest BCUT2D eigenvalue weighted by Gasteiger charge is -2.15. The van der Waals surface area contributed by atoms with Crippen molar-refractivity contribution < 1.29 is 23.8 Å². The monoisotopic (exact) mass is 343 g/mol. The van der Waals surface area contributed by atoms with Gasteiger partial charge in [-0.1, -0.05) is 30.3 Å². The summed E-state index contributed by atoms with van der Waals surface area (Å²) in [6, 6.07) is 16.2. The predicted octanol–water partition coefficient (Wildman–Crippen LogP) is 3.03. The third-order valence-electron chi connectivity index (χ3n) is 3.36. The van der Waals surface area contributed by atoms with Crippen LogP contribution in [-0.2, 0) is 14.3 Å². The van der Waals surface area contributed by atoms with Crippen molar-refractivity contribution in [3.05, 3.63) is 54.6 Å². The second kappa shape index (κ2) is 9.32. The minimum Gasteiger partial charge on any atom is -0.495 e. The van der Waals surface area contributed by atoms with Gasteiger partial charge in [-0.05, 0) is 31.2 Å². The Morgan fingerprint density at radius 1 is 1.04 bits per heavy atom. The maximum atomic E-state index is 12.1. The van der Waals surface area contributed by atoms with Gasteiger partial charge >= 0.3 is 5.97 Å². The van der Waals surface area contributed by atoms with Gasteiger partial charge in [-0.3, -0.25) is 9.59 Å². The summed E-state index contributed by atoms with van der Waals surface area (Å²) in [6.07, 6.45) is -0.865. The molecular formula is C19H21NO5. The van der Waals surface area contributed by atoms with Crippen LogP contribution in [0, 0.1) is 0 Å². The Bertz CT molecular complexity index is 702. The van der Waals surface area contributed by atoms with E-state index >= 15 is 0 Å². The van der Waals surface area contributed by atoms with Gasteiger partial charge in [0.05, 0.1) is 25.8 Å². The summed E-state index contributed by atoms with van der Waals surface area (Å²) in [6.45, 7) is 1.70. The SMILES string of the molecule is COc1ccccc1NC(=O)[C@@H](C)OC(=O)CCOc1ccccc1. The fourth-order valence-electron chi connectivity index (χ4n) is 2.06. The Balaban J connectivity index is 1.77. The summed E-state index contributed by atoms with van der Waals surface area (Å²) in [5, 5.41) is 2.68. The molecule has 0 aromatic heterocycles. The highest BCUT2D eigenvalue weighted by atomic mass is 16.5. The Hall–Kier alpha value is -3.02. The molecule has 2 aromatic carbocycles. The lowest BCUT2D eigenvalue weighted by Crippen LogP contribution is -2.30. The third-order valence-corrected chi connectivity index (χ3v) is 3.36. The number of carbonyl (C=O) groups excluding carboxylic acids is 2. The summed E-state index contributed by atoms with van der Waals surface area (Å²) in [7, 11) is 1.52. The average Bonchev–Trinajstić information content (AvgIpc) is 2.63. The van der Waals surface area contributed by atoms with E-state index < -0.39 is 18.0 Å². The smallest absolute Gasteiger partial charge is 0.310 e. The number of carbonyl (C=O) groups is 2. The lowest BCUT2D eigenvalue weighted by atomic mass is 10.2. The van der Waals surface area contributed by atoms with Crippen molar-refractivity contribution in [3.8, 4) is 11.5 Å². The van der Waals surface area contributed by atoms with E-state index in [-0.39, 0.29) is 13.0 Å². The van der Waals surface area contributed by atoms with Crippen LogP contribution in [0.1, 0.15) is 13.3 Å². The molecule has 0 saturated carbocycles. The molecule has 0 bridgehead atoms. The first-order chi connectivity index (χ1) is 12.1. The first kappa shape index (κ1) is 18.3. The predicted molar refractivity (Wildman–Crippen MR) is 93.7 cm³/mol. The molecule has 2 aromatic rings. The first-order valence-electron chi connectivity index (χ1n) is 7.91. The van der Waals surface area contributed by atoms with Crippen LogP contribution in [0.4, 0.5) is 5.69 Å². The van der Waals surface area contributed by atoms with Crippen LogP contribution in [0.15, 0.2) is 54.6 Å². The molecule has 2 rings (SSSR count). The van der Waals surface area contributed by atoms with Crippen LogP contribution < -0.4 is 14.8 Å². The van der Waals surface area contributed by atoms with Crippen molar-refractivity contribution >= 4 is 17.6 Å². The van der Waals surface area contributed by atoms with E-state index in [0.29, 0.717) is 17.2 Å². The van der Waals surface area contributed by atoms with E-state index in [2.05, 4.69) is 5.32 Å². The van der Waals surface area contributed by atoms with Crippen molar-refractivity contribution in [1.82, 2.24) is 0 Å². The van der Waals surface area contributed by atoms with Gasteiger partial charge in [0.1, 0.15) is 11.5 Å². The van der Waals surface area contributed by atoms with E-state index in [9.17, 15) is 9.59 Å². The number of para-hydroxylation sites is 3. The third kappa shape index (κ3) is 5.84. The largest absolute Gasteiger partial charge is 0.495 e. The average molecular weight is 343 g/mol. The highest BCUT2D eigenvalue weighted by molar-refractivity contribution is 5.96. The number of hydrogen-bond acceptors (Lipinski definition) is 5. The summed E-state index contributed by atoms with van der Waals surface area (Å²) < 4.78 is 15.7. The summed E-state index contributed by atoms with van der Waals surface area (Å²) in [5.74, 6) is 0.281. The van der Waals surface area contributed by atoms with Gasteiger partial charge in [-0.25, -0.2) is 0 Å². The van der Waals surface area contributed by atoms with Gasteiger partial charge < -0.3 is 19.5 Å². The number of rotatable bonds is 8. The molecule has 0 unspecified atom stereocenters. The highest BCUT2D eigenvalue weighted by Gasteiger charge is 2.19. The zero-order valence-corrected chi connectivity index (χ0v) is 14.2. The molecule has 0 fully saturated rings. The quantitative estimate of drug-likeness (QED) is 0.746. The van der Waals surface area contributed by atoms with Crippen LogP contribution in [0.3, 0.4) is 0 Å². The molecule has 1 N–H and O–H groups in total. The van der Waals surface area contributed by atoms with E-state index in [1.54, 1.807) is 36.4 Å². The number of amides is 1. The van der Waals surface area contributed by atoms with Gasteiger partial charge in [-0.2, -0.15) is 0 Å². The molecule has 0 aliphatic rings. The maximum absolute atomic E-state index is 12.1. The van der Waals surface area contributed by atoms with Crippen LogP contribution in [0.2, 0.25) is 0 Å². The van der Waals surface area contributed by atoms with E-state index in [4.69, 9.17) is 14.2 Å². The number of ether oxygens (including phenoxy) is 3. The summed E-state index contributed by atoms with van der Waals surface area (Å²) in [5.41, 5.74) is 0.519. The van der Waals surface area contributed by atoms with E-state index in [1.807, 2.05) is 18.2 Å². The lowest BCUT2D eigenvalue weighted by molar-refractivity contribution is -0.153. The van der Waals surface area contributed by atoms with Crippen LogP contribution in [0.25, 0.3) is 0 Å². The van der Waals surface area contributed by atoms with Crippen LogP contribution >= 0.6 is 0 Å². The molecule has 0 heterocycles. The normalized spacial score (nSPS) is 11.3. The van der Waals surface area contributed by atoms with Gasteiger partial charge in [0, 0.05) is 0 Å². The van der Waals surface area contributed by atoms with E-state index in [1.165, 1.54) is 14.0 Å². The van der Waals surface area contributed by atoms with Crippen molar-refractivity contribution in [2.75, 3.05) is 19.0 Å². The number of methoxy groups -OCH3 is 1. The molecule has 0 spiro atoms. The van der Waals surface area contributed by atoms with Crippen LogP contribution in [-0.4, -0.2) is 31.7 Å². The topological polar surface area (TPSA) is 73.9 Å². The Morgan fingerprint density at radius 3 is 2.44 bits per heavy atom. The Labute approximate surface area is 146 Å². The number of hydrogen-bond donors (Lipinski definition) is 1. The number of benzene rings is 2. The summed E-state index contributed by atoms with van der Waals surface area (Å²) >= 11 is 0. The van der Waals surface area contributed by atoms with Gasteiger partial charge in [0.25, 0.3) is 5.91 Å². The van der Waals surface area contributed by atoms with E-state index in [0.717, 1.165) is 0 Å². The van der Waals surface area contributed by atoms with Crippen LogP contribution in [0.5, 0.6) is 11.5 Å². The zero-order chi connectivity index (χ0) is 18.1. The Kier molecular flexibility index (Phi) is 6.83. The maximum Gasteiger partial charge on any atom is 0.310 e. The van der Waals surface area contributed by atoms with Gasteiger partial charge in [0.2, 0.25) is 0 Å². The van der Waals surface area contributed by atoms with Crippen molar-refractivity contribution in [2.45, 2.75) is 19.4 Å². The molecule has 1 amide bonds. The minimum absolute atomic E-state index is 0.0567. The fraction of sp³-hybridized carbons (Fsp3) is 0.263. The molecule has 132 valence electrons. The molecule has 0 aliphatic carbocycles. The molecule has 25 heavy (non-hydrogen) atoms. The first-order valence-corrected chi connectivity index (χ1v) is 7.91. The molecule has 6 heteroatoms. The van der Waals surface area contributed by atoms with Crippen molar-refractivity contribution in [1.29, 1.82) is 0 Å². The molecule has 0 aliphatic heterocycles. The van der Waals surface area contributed by atoms with Gasteiger partial charge in [0.15, 0.2) is 6.10 Å². The minimum atomic E-state index is -0.922. The molecule has 1 atom stereocenters. The fourth-order valence-corrected chi connectivity index (χ4v) is 2.06. The van der Waals surface area contributed by atoms with Gasteiger partial charge in [-0.15, -0.1) is 0 Å². The molecule has 0 radical (unpaired) electrons. The van der Waals surface area contributed by atoms with Crippen molar-refractivity contribution in [3.63, 3.8) is 0 Å². The number of esters is 1. The number of anilines is 1. The van der Waals surface area contributed by atoms with Crippen molar-refractivity contribution in [2.24, 2.45) is 0 Å². The standard InChI is InChI=1S/C19H21NO5/c1-14(19(22)20-16-10-6-7-11-17(16)23-2)25-18(21)12-13-24-15-8-4-3-5-9-15/h3-11,14H,12-13H2,1-2H3,(H,20,22)/t14-/m1/s1. The molecule has 0 saturated heterocycles. The Morgan fingerprint density at radius 2 is 1.72 bits per heavy atom. The molecular weight excluding hydrogens is 322 g/mol. The number of nitrogens with one attached hydrogen (secondary N) is 1. The summed E-state index contributed by atoms with van der Waals surface area (Å²) in [4.78, 5) is 24.0.